The number of rotatable bonds is 7. The molecule has 4 amide bonds. The van der Waals surface area contributed by atoms with Gasteiger partial charge in [-0.15, -0.1) is 0 Å². The number of hydrogen-bond acceptors (Lipinski definition) is 7. The van der Waals surface area contributed by atoms with Crippen LogP contribution in [0.5, 0.6) is 11.5 Å². The maximum absolute atomic E-state index is 15.2. The first-order valence-electron chi connectivity index (χ1n) is 16.1. The summed E-state index contributed by atoms with van der Waals surface area (Å²) in [6, 6.07) is 17.1. The van der Waals surface area contributed by atoms with Gasteiger partial charge in [-0.05, 0) is 85.2 Å². The zero-order valence-electron chi connectivity index (χ0n) is 26.7. The number of aryl methyl sites for hydroxylation is 1. The van der Waals surface area contributed by atoms with Gasteiger partial charge < -0.3 is 9.84 Å². The molecule has 3 aromatic carbocycles. The Morgan fingerprint density at radius 2 is 1.71 bits per heavy atom. The molecule has 0 unspecified atom stereocenters. The molecular weight excluding hydrogens is 653 g/mol. The first-order chi connectivity index (χ1) is 23.0. The number of phenolic OH excluding ortho intramolecular Hbond substituents is 1. The van der Waals surface area contributed by atoms with Crippen LogP contribution in [-0.4, -0.2) is 52.3 Å². The largest absolute Gasteiger partial charge is 0.508 e. The van der Waals surface area contributed by atoms with Gasteiger partial charge in [0.25, 0.3) is 11.8 Å². The van der Waals surface area contributed by atoms with E-state index in [0.717, 1.165) is 16.1 Å². The van der Waals surface area contributed by atoms with E-state index in [1.807, 2.05) is 31.2 Å². The Morgan fingerprint density at radius 3 is 2.38 bits per heavy atom. The second-order valence-electron chi connectivity index (χ2n) is 13.1. The normalized spacial score (nSPS) is 27.9. The molecule has 1 saturated carbocycles. The van der Waals surface area contributed by atoms with Gasteiger partial charge in [0, 0.05) is 17.5 Å². The number of methoxy groups -OCH3 is 1. The molecule has 0 aromatic heterocycles. The summed E-state index contributed by atoms with van der Waals surface area (Å²) in [6.07, 6.45) is 3.19. The lowest BCUT2D eigenvalue weighted by Gasteiger charge is -2.50. The molecule has 9 nitrogen and oxygen atoms in total. The summed E-state index contributed by atoms with van der Waals surface area (Å²) < 4.78 is 5.45. The topological polar surface area (TPSA) is 116 Å². The van der Waals surface area contributed by atoms with Crippen LogP contribution in [0.15, 0.2) is 72.3 Å². The van der Waals surface area contributed by atoms with E-state index in [9.17, 15) is 19.5 Å². The van der Waals surface area contributed by atoms with Crippen LogP contribution in [0.2, 0.25) is 10.0 Å². The van der Waals surface area contributed by atoms with Gasteiger partial charge in [-0.3, -0.25) is 29.5 Å². The number of aromatic hydroxyl groups is 1. The average molecular weight is 689 g/mol. The Balaban J connectivity index is 1.46. The number of hydrogen-bond donors (Lipinski definition) is 2. The van der Waals surface area contributed by atoms with Crippen molar-refractivity contribution in [3.63, 3.8) is 0 Å². The van der Waals surface area contributed by atoms with Crippen molar-refractivity contribution in [2.75, 3.05) is 19.1 Å². The van der Waals surface area contributed by atoms with Crippen LogP contribution in [0.3, 0.4) is 0 Å². The van der Waals surface area contributed by atoms with Crippen molar-refractivity contribution in [3.8, 4) is 11.5 Å². The number of anilines is 1. The van der Waals surface area contributed by atoms with Gasteiger partial charge in [0.2, 0.25) is 11.8 Å². The lowest BCUT2D eigenvalue weighted by atomic mass is 9.49. The summed E-state index contributed by atoms with van der Waals surface area (Å²) >= 11 is 12.7. The molecule has 2 aliphatic heterocycles. The van der Waals surface area contributed by atoms with Crippen LogP contribution in [-0.2, 0) is 24.6 Å². The number of carbonyl (C=O) groups excluding carboxylic acids is 4. The third-order valence-corrected chi connectivity index (χ3v) is 11.2. The molecule has 2 saturated heterocycles. The maximum Gasteiger partial charge on any atom is 0.260 e. The third kappa shape index (κ3) is 4.65. The minimum atomic E-state index is -1.46. The van der Waals surface area contributed by atoms with Gasteiger partial charge in [0.15, 0.2) is 0 Å². The van der Waals surface area contributed by atoms with Crippen LogP contribution >= 0.6 is 23.2 Å². The molecule has 0 bridgehead atoms. The Morgan fingerprint density at radius 1 is 0.958 bits per heavy atom. The number of nitrogens with one attached hydrogen (secondary N) is 1. The van der Waals surface area contributed by atoms with Crippen molar-refractivity contribution in [1.29, 1.82) is 0 Å². The van der Waals surface area contributed by atoms with Gasteiger partial charge in [0.05, 0.1) is 41.0 Å². The van der Waals surface area contributed by atoms with E-state index in [4.69, 9.17) is 27.9 Å². The summed E-state index contributed by atoms with van der Waals surface area (Å²) in [5, 5.41) is 12.2. The lowest BCUT2D eigenvalue weighted by molar-refractivity contribution is -0.141. The monoisotopic (exact) mass is 687 g/mol. The Bertz CT molecular complexity index is 1890. The highest BCUT2D eigenvalue weighted by atomic mass is 35.5. The highest BCUT2D eigenvalue weighted by molar-refractivity contribution is 6.36. The number of hydrazine groups is 1. The molecule has 6 atom stereocenters. The Kier molecular flexibility index (Phi) is 8.03. The summed E-state index contributed by atoms with van der Waals surface area (Å²) in [6.45, 7) is 4.04. The number of likely N-dealkylation sites (tertiary alicyclic amines) is 1. The highest BCUT2D eigenvalue weighted by Crippen LogP contribution is 2.64. The van der Waals surface area contributed by atoms with Crippen LogP contribution < -0.4 is 10.2 Å². The number of phenols is 1. The van der Waals surface area contributed by atoms with Gasteiger partial charge in [-0.25, -0.2) is 0 Å². The van der Waals surface area contributed by atoms with E-state index in [1.165, 1.54) is 11.0 Å². The predicted octanol–water partition coefficient (Wildman–Crippen LogP) is 6.41. The van der Waals surface area contributed by atoms with E-state index in [0.29, 0.717) is 47.0 Å². The number of imide groups is 2. The summed E-state index contributed by atoms with van der Waals surface area (Å²) in [5.74, 6) is -3.92. The third-order valence-electron chi connectivity index (χ3n) is 10.7. The van der Waals surface area contributed by atoms with Gasteiger partial charge in [0.1, 0.15) is 11.5 Å². The number of fused-ring (bicyclic) bond motifs is 4. The second kappa shape index (κ2) is 12.0. The number of carbonyl (C=O) groups is 4. The molecule has 11 heteroatoms. The van der Waals surface area contributed by atoms with Gasteiger partial charge in [-0.1, -0.05) is 66.0 Å². The Hall–Kier alpha value is -4.34. The number of amides is 4. The number of benzene rings is 3. The van der Waals surface area contributed by atoms with E-state index in [1.54, 1.807) is 50.4 Å². The van der Waals surface area contributed by atoms with E-state index >= 15 is 4.79 Å². The molecule has 0 radical (unpaired) electrons. The highest BCUT2D eigenvalue weighted by Gasteiger charge is 2.70. The van der Waals surface area contributed by atoms with Crippen molar-refractivity contribution in [3.05, 3.63) is 99.0 Å². The lowest BCUT2D eigenvalue weighted by Crippen LogP contribution is -2.53. The fourth-order valence-corrected chi connectivity index (χ4v) is 9.04. The minimum absolute atomic E-state index is 0.0973. The maximum atomic E-state index is 15.2. The van der Waals surface area contributed by atoms with E-state index in [-0.39, 0.29) is 29.0 Å². The molecule has 0 spiro atoms. The summed E-state index contributed by atoms with van der Waals surface area (Å²) in [4.78, 5) is 58.9. The molecule has 48 heavy (non-hydrogen) atoms. The van der Waals surface area contributed by atoms with Crippen molar-refractivity contribution >= 4 is 52.5 Å². The molecule has 248 valence electrons. The zero-order chi connectivity index (χ0) is 34.1. The Labute approximate surface area is 288 Å². The summed E-state index contributed by atoms with van der Waals surface area (Å²) in [7, 11) is 1.56. The standard InChI is InChI=1S/C37H35Cl2N3O6/c1-4-15-41-33(44)25-12-11-24-26(31(25)35(41)46)18-27-34(45)42(40-29-13-8-22(38)17-28(29)39)36(47)37(27,21-6-9-23(48-3)10-7-21)32(24)20-5-14-30(43)19(2)16-20/h5-11,13-14,16-17,25-27,31-32,40,43H,4,12,15,18H2,1-3H3/t25-,26+,27-,31-,32-,37+/m0/s1. The SMILES string of the molecule is CCCN1C(=O)[C@H]2[C@H](CC=C3[C@H]2C[C@H]2C(=O)N(Nc4ccc(Cl)cc4Cl)C(=O)[C@@]2(c2ccc(OC)cc2)[C@H]3c2ccc(O)c(C)c2)C1=O. The number of halogens is 2. The van der Waals surface area contributed by atoms with E-state index in [2.05, 4.69) is 5.43 Å². The fraction of sp³-hybridized carbons (Fsp3) is 0.351. The zero-order valence-corrected chi connectivity index (χ0v) is 28.2. The van der Waals surface area contributed by atoms with Gasteiger partial charge in [-0.2, -0.15) is 5.01 Å². The van der Waals surface area contributed by atoms with Gasteiger partial charge >= 0.3 is 0 Å². The van der Waals surface area contributed by atoms with E-state index < -0.39 is 46.8 Å². The van der Waals surface area contributed by atoms with Crippen molar-refractivity contribution < 1.29 is 29.0 Å². The minimum Gasteiger partial charge on any atom is -0.508 e. The van der Waals surface area contributed by atoms with Crippen LogP contribution in [0.25, 0.3) is 0 Å². The number of ether oxygens (including phenoxy) is 1. The first-order valence-corrected chi connectivity index (χ1v) is 16.9. The van der Waals surface area contributed by atoms with Crippen molar-refractivity contribution in [1.82, 2.24) is 9.91 Å². The van der Waals surface area contributed by atoms with Crippen LogP contribution in [0.1, 0.15) is 48.8 Å². The quantitative estimate of drug-likeness (QED) is 0.218. The molecule has 7 rings (SSSR count). The number of allylic oxidation sites excluding steroid dienone is 2. The second-order valence-corrected chi connectivity index (χ2v) is 13.9. The fourth-order valence-electron chi connectivity index (χ4n) is 8.59. The molecule has 3 aromatic rings. The molecule has 2 aliphatic carbocycles. The molecule has 2 heterocycles. The van der Waals surface area contributed by atoms with Crippen LogP contribution in [0, 0.1) is 30.6 Å². The first kappa shape index (κ1) is 32.2. The predicted molar refractivity (Wildman–Crippen MR) is 180 cm³/mol. The summed E-state index contributed by atoms with van der Waals surface area (Å²) in [5.41, 5.74) is 4.65. The smallest absolute Gasteiger partial charge is 0.260 e. The number of nitrogens with zero attached hydrogens (tertiary/aromatic N) is 2. The van der Waals surface area contributed by atoms with Crippen molar-refractivity contribution in [2.45, 2.75) is 44.4 Å². The van der Waals surface area contributed by atoms with Crippen molar-refractivity contribution in [2.24, 2.45) is 23.7 Å². The molecule has 3 fully saturated rings. The molecule has 4 aliphatic rings. The molecule has 2 N–H and O–H groups in total. The average Bonchev–Trinajstić information content (AvgIpc) is 3.44. The molecular formula is C37H35Cl2N3O6. The van der Waals surface area contributed by atoms with Crippen LogP contribution in [0.4, 0.5) is 5.69 Å².